The van der Waals surface area contributed by atoms with Gasteiger partial charge in [-0.2, -0.15) is 4.98 Å². The van der Waals surface area contributed by atoms with Gasteiger partial charge in [0.15, 0.2) is 0 Å². The molecule has 7 nitrogen and oxygen atoms in total. The van der Waals surface area contributed by atoms with Gasteiger partial charge in [0.25, 0.3) is 0 Å². The first-order chi connectivity index (χ1) is 15.1. The van der Waals surface area contributed by atoms with Crippen molar-refractivity contribution in [3.05, 3.63) is 18.5 Å². The smallest absolute Gasteiger partial charge is 0.228 e. The quantitative estimate of drug-likeness (QED) is 0.804. The van der Waals surface area contributed by atoms with Gasteiger partial charge in [-0.05, 0) is 63.2 Å². The van der Waals surface area contributed by atoms with Gasteiger partial charge in [0.2, 0.25) is 11.9 Å². The van der Waals surface area contributed by atoms with Crippen molar-refractivity contribution >= 4 is 17.7 Å². The van der Waals surface area contributed by atoms with Crippen LogP contribution >= 0.6 is 0 Å². The zero-order valence-electron chi connectivity index (χ0n) is 18.6. The lowest BCUT2D eigenvalue weighted by Gasteiger charge is -2.50. The van der Waals surface area contributed by atoms with Gasteiger partial charge >= 0.3 is 0 Å². The highest BCUT2D eigenvalue weighted by molar-refractivity contribution is 5.65. The molecule has 0 aromatic carbocycles. The molecule has 0 radical (unpaired) electrons. The Morgan fingerprint density at radius 3 is 2.45 bits per heavy atom. The van der Waals surface area contributed by atoms with E-state index in [-0.39, 0.29) is 0 Å². The second-order valence-electron chi connectivity index (χ2n) is 10.4. The third-order valence-electron chi connectivity index (χ3n) is 8.29. The number of hydrogen-bond acceptors (Lipinski definition) is 7. The molecule has 7 rings (SSSR count). The second-order valence-corrected chi connectivity index (χ2v) is 10.4. The summed E-state index contributed by atoms with van der Waals surface area (Å²) in [6, 6.07) is 3.86. The molecule has 0 spiro atoms. The maximum atomic E-state index is 5.73. The van der Waals surface area contributed by atoms with Crippen LogP contribution in [0.15, 0.2) is 18.5 Å². The van der Waals surface area contributed by atoms with E-state index >= 15 is 0 Å². The van der Waals surface area contributed by atoms with Crippen molar-refractivity contribution in [2.24, 2.45) is 17.8 Å². The van der Waals surface area contributed by atoms with Gasteiger partial charge in [0.05, 0.1) is 5.69 Å². The summed E-state index contributed by atoms with van der Waals surface area (Å²) in [5.74, 6) is 4.78. The van der Waals surface area contributed by atoms with Gasteiger partial charge in [-0.1, -0.05) is 13.3 Å². The van der Waals surface area contributed by atoms with Gasteiger partial charge in [-0.15, -0.1) is 0 Å². The summed E-state index contributed by atoms with van der Waals surface area (Å²) >= 11 is 0. The molecule has 5 fully saturated rings. The fourth-order valence-electron chi connectivity index (χ4n) is 6.73. The Kier molecular flexibility index (Phi) is 4.54. The first-order valence-corrected chi connectivity index (χ1v) is 12.1. The molecule has 31 heavy (non-hydrogen) atoms. The van der Waals surface area contributed by atoms with Crippen LogP contribution in [0.25, 0.3) is 11.3 Å². The molecule has 2 aromatic heterocycles. The van der Waals surface area contributed by atoms with Crippen LogP contribution in [0.5, 0.6) is 0 Å². The van der Waals surface area contributed by atoms with Gasteiger partial charge in [-0.25, -0.2) is 15.0 Å². The molecule has 4 bridgehead atoms. The molecule has 5 heterocycles. The maximum absolute atomic E-state index is 5.73. The summed E-state index contributed by atoms with van der Waals surface area (Å²) in [6.45, 7) is 5.82. The zero-order chi connectivity index (χ0) is 21.1. The predicted molar refractivity (Wildman–Crippen MR) is 123 cm³/mol. The zero-order valence-corrected chi connectivity index (χ0v) is 18.6. The van der Waals surface area contributed by atoms with Gasteiger partial charge in [0.1, 0.15) is 5.82 Å². The van der Waals surface area contributed by atoms with Crippen molar-refractivity contribution in [1.82, 2.24) is 19.9 Å². The van der Waals surface area contributed by atoms with Crippen LogP contribution in [0.1, 0.15) is 58.8 Å². The number of aromatic nitrogens is 4. The lowest BCUT2D eigenvalue weighted by atomic mass is 9.71. The molecule has 2 aromatic rings. The van der Waals surface area contributed by atoms with E-state index in [1.54, 1.807) is 12.4 Å². The number of hydrogen-bond donors (Lipinski definition) is 1. The summed E-state index contributed by atoms with van der Waals surface area (Å²) in [4.78, 5) is 23.7. The molecule has 2 saturated carbocycles. The average Bonchev–Trinajstić information content (AvgIpc) is 3.35. The highest BCUT2D eigenvalue weighted by Crippen LogP contribution is 2.45. The molecule has 3 saturated heterocycles. The van der Waals surface area contributed by atoms with E-state index in [9.17, 15) is 0 Å². The predicted octanol–water partition coefficient (Wildman–Crippen LogP) is 3.91. The lowest BCUT2D eigenvalue weighted by molar-refractivity contribution is 0.166. The fourth-order valence-corrected chi connectivity index (χ4v) is 6.73. The monoisotopic (exact) mass is 419 g/mol. The SMILES string of the molecule is CCC1CC2CC(C)N(c3cc(-c4cnc(N)nc4)nc(N4CC5CC4C5)n3)C(C1)C2. The molecule has 164 valence electrons. The van der Waals surface area contributed by atoms with Crippen LogP contribution in [0, 0.1) is 17.8 Å². The fraction of sp³-hybridized carbons (Fsp3) is 0.667. The highest BCUT2D eigenvalue weighted by atomic mass is 15.3. The van der Waals surface area contributed by atoms with Gasteiger partial charge in [0, 0.05) is 48.7 Å². The van der Waals surface area contributed by atoms with Crippen molar-refractivity contribution in [3.63, 3.8) is 0 Å². The Bertz CT molecular complexity index is 953. The molecule has 0 amide bonds. The molecular formula is C24H33N7. The molecule has 2 N–H and O–H groups in total. The second kappa shape index (κ2) is 7.31. The minimum atomic E-state index is 0.294. The van der Waals surface area contributed by atoms with E-state index in [1.807, 2.05) is 0 Å². The number of nitrogens with zero attached hydrogens (tertiary/aromatic N) is 6. The summed E-state index contributed by atoms with van der Waals surface area (Å²) < 4.78 is 0. The van der Waals surface area contributed by atoms with Crippen LogP contribution < -0.4 is 15.5 Å². The first kappa shape index (κ1) is 19.3. The first-order valence-electron chi connectivity index (χ1n) is 12.1. The Labute approximate surface area is 184 Å². The number of nitrogens with two attached hydrogens (primary N) is 1. The van der Waals surface area contributed by atoms with E-state index in [1.165, 1.54) is 44.9 Å². The third-order valence-corrected chi connectivity index (χ3v) is 8.29. The van der Waals surface area contributed by atoms with Crippen LogP contribution in [0.4, 0.5) is 17.7 Å². The summed E-state index contributed by atoms with van der Waals surface area (Å²) in [6.07, 6.45) is 12.7. The van der Waals surface area contributed by atoms with Crippen molar-refractivity contribution < 1.29 is 0 Å². The van der Waals surface area contributed by atoms with Crippen molar-refractivity contribution in [3.8, 4) is 11.3 Å². The number of rotatable bonds is 4. The van der Waals surface area contributed by atoms with E-state index in [0.717, 1.165) is 47.3 Å². The summed E-state index contributed by atoms with van der Waals surface area (Å²) in [5, 5.41) is 0. The standard InChI is InChI=1S/C24H33N7/c1-3-15-5-16-4-14(2)31(20(6-15)7-16)22-10-21(18-11-26-23(25)27-12-18)28-24(29-22)30-13-17-8-19(30)9-17/h10-12,14-17,19-20H,3-9,13H2,1-2H3,(H2,25,26,27). The van der Waals surface area contributed by atoms with E-state index in [2.05, 4.69) is 39.7 Å². The van der Waals surface area contributed by atoms with Gasteiger partial charge in [-0.3, -0.25) is 0 Å². The Morgan fingerprint density at radius 2 is 1.74 bits per heavy atom. The molecule has 4 unspecified atom stereocenters. The summed E-state index contributed by atoms with van der Waals surface area (Å²) in [5.41, 5.74) is 7.54. The minimum absolute atomic E-state index is 0.294. The largest absolute Gasteiger partial charge is 0.368 e. The number of fused-ring (bicyclic) bond motifs is 3. The van der Waals surface area contributed by atoms with Gasteiger partial charge < -0.3 is 15.5 Å². The summed E-state index contributed by atoms with van der Waals surface area (Å²) in [7, 11) is 0. The van der Waals surface area contributed by atoms with Crippen molar-refractivity contribution in [2.45, 2.75) is 76.9 Å². The van der Waals surface area contributed by atoms with Crippen LogP contribution in [-0.4, -0.2) is 44.6 Å². The Morgan fingerprint density at radius 1 is 0.968 bits per heavy atom. The molecule has 4 atom stereocenters. The molecular weight excluding hydrogens is 386 g/mol. The molecule has 3 aliphatic heterocycles. The normalized spacial score (nSPS) is 34.0. The number of anilines is 3. The van der Waals surface area contributed by atoms with Crippen LogP contribution in [0.2, 0.25) is 0 Å². The molecule has 7 heteroatoms. The lowest BCUT2D eigenvalue weighted by Crippen LogP contribution is -2.52. The highest BCUT2D eigenvalue weighted by Gasteiger charge is 2.45. The van der Waals surface area contributed by atoms with Crippen molar-refractivity contribution in [2.75, 3.05) is 22.1 Å². The Hall–Kier alpha value is -2.44. The number of nitrogen functional groups attached to an aromatic ring is 1. The molecule has 2 aliphatic carbocycles. The molecule has 5 aliphatic rings. The van der Waals surface area contributed by atoms with E-state index in [0.29, 0.717) is 24.1 Å². The maximum Gasteiger partial charge on any atom is 0.228 e. The number of piperidine rings is 1. The minimum Gasteiger partial charge on any atom is -0.368 e. The van der Waals surface area contributed by atoms with E-state index in [4.69, 9.17) is 15.7 Å². The topological polar surface area (TPSA) is 84.1 Å². The third kappa shape index (κ3) is 3.33. The Balaban J connectivity index is 1.41. The van der Waals surface area contributed by atoms with Crippen molar-refractivity contribution in [1.29, 1.82) is 0 Å². The van der Waals surface area contributed by atoms with Crippen LogP contribution in [0.3, 0.4) is 0 Å². The van der Waals surface area contributed by atoms with Crippen LogP contribution in [-0.2, 0) is 0 Å². The van der Waals surface area contributed by atoms with E-state index < -0.39 is 0 Å². The average molecular weight is 420 g/mol.